The number of anilines is 3. The van der Waals surface area contributed by atoms with Crippen molar-refractivity contribution >= 4 is 111 Å². The average Bonchev–Trinajstić information content (AvgIpc) is 3.76. The van der Waals surface area contributed by atoms with Crippen LogP contribution >= 0.6 is 34.0 Å². The van der Waals surface area contributed by atoms with Crippen molar-refractivity contribution in [3.8, 4) is 0 Å². The minimum Gasteiger partial charge on any atom is -0.397 e. The molecule has 2 aromatic carbocycles. The number of carbonyl (C=O) groups is 5. The molecular formula is C60H66N14O5S3+2. The Hall–Kier alpha value is -7.69. The highest BCUT2D eigenvalue weighted by Gasteiger charge is 2.52. The first kappa shape index (κ1) is 53.6. The molecule has 2 saturated heterocycles. The number of thiophene rings is 3. The number of hydrogen-bond donors (Lipinski definition) is 6. The zero-order valence-electron chi connectivity index (χ0n) is 46.3. The predicted molar refractivity (Wildman–Crippen MR) is 317 cm³/mol. The molecule has 22 heteroatoms. The number of nitrogen functional groups attached to an aromatic ring is 3. The third-order valence-electron chi connectivity index (χ3n) is 18.0. The van der Waals surface area contributed by atoms with Crippen molar-refractivity contribution in [2.24, 2.45) is 11.8 Å². The highest BCUT2D eigenvalue weighted by molar-refractivity contribution is 7.21. The highest BCUT2D eigenvalue weighted by atomic mass is 32.1. The van der Waals surface area contributed by atoms with E-state index in [1.54, 1.807) is 4.90 Å². The maximum absolute atomic E-state index is 14.5. The van der Waals surface area contributed by atoms with Gasteiger partial charge in [-0.2, -0.15) is 5.10 Å². The van der Waals surface area contributed by atoms with Crippen LogP contribution in [0.5, 0.6) is 0 Å². The first-order valence-corrected chi connectivity index (χ1v) is 30.8. The summed E-state index contributed by atoms with van der Waals surface area (Å²) in [7, 11) is 0. The van der Waals surface area contributed by atoms with Gasteiger partial charge in [-0.15, -0.1) is 16.4 Å². The van der Waals surface area contributed by atoms with Gasteiger partial charge in [-0.25, -0.2) is 0 Å². The van der Waals surface area contributed by atoms with Crippen molar-refractivity contribution in [2.75, 3.05) is 43.4 Å². The SMILES string of the molecule is Cc1nnc2sc(C(=O)N3CCC(NC(=O)CCc4ccccc4)C3)c(N)c2c1C[n+]1nc(C)c(C[n+]2nc(C)c(C)c3c(N)c(C(=O)NC4CCN(C(=O)C5CC5c5ccccc5)C4)sc32)c2c(N)c(C(=O)NC34CCC(C3)C4)sc21. The van der Waals surface area contributed by atoms with Crippen LogP contribution in [0.1, 0.15) is 131 Å². The zero-order valence-corrected chi connectivity index (χ0v) is 48.8. The third-order valence-corrected chi connectivity index (χ3v) is 21.5. The molecular weight excluding hydrogens is 1090 g/mol. The minimum atomic E-state index is -0.299. The van der Waals surface area contributed by atoms with E-state index in [2.05, 4.69) is 38.3 Å². The molecule has 422 valence electrons. The van der Waals surface area contributed by atoms with Crippen LogP contribution in [-0.4, -0.2) is 104 Å². The van der Waals surface area contributed by atoms with Crippen LogP contribution in [-0.2, 0) is 29.1 Å². The van der Waals surface area contributed by atoms with E-state index in [9.17, 15) is 24.0 Å². The van der Waals surface area contributed by atoms with Gasteiger partial charge in [-0.3, -0.25) is 24.0 Å². The van der Waals surface area contributed by atoms with Gasteiger partial charge in [0, 0.05) is 61.5 Å². The molecule has 4 aliphatic carbocycles. The van der Waals surface area contributed by atoms with E-state index in [1.165, 1.54) is 39.6 Å². The number of amides is 5. The fourth-order valence-corrected chi connectivity index (χ4v) is 16.6. The number of rotatable bonds is 15. The molecule has 6 aromatic heterocycles. The molecule has 8 aromatic rings. The largest absolute Gasteiger partial charge is 0.397 e. The number of aryl methyl sites for hydroxylation is 5. The summed E-state index contributed by atoms with van der Waals surface area (Å²) in [5.74, 6) is 0.172. The van der Waals surface area contributed by atoms with Gasteiger partial charge in [0.2, 0.25) is 24.9 Å². The number of carbonyl (C=O) groups excluding carboxylic acids is 5. The standard InChI is InChI=1S/C60H64N14O5S3/c1-30-31(2)69-73(58-44(30)47(61)50(81-58)53(76)65-38-19-21-71(27-38)56(78)40-23-39(40)36-13-9-6-10-14-36)29-42-33(4)70-74(59-46(42)49(63)51(82-59)54(77)66-60-20-17-35(24-60)25-60)28-41-32(3)67-68-55-45(41)48(62)52(80-55)57(79)72-22-18-37(26-72)64-43(75)16-15-34-11-7-5-8-12-34/h5-14,35,37-40H,15-29H2,1-4H3,(H7-2,61,62,63,64,65,66,75,76,77,79)/p+2. The maximum Gasteiger partial charge on any atom is 0.298 e. The number of fused-ring (bicyclic) bond motifs is 4. The molecule has 2 aliphatic heterocycles. The molecule has 19 nitrogen and oxygen atoms in total. The van der Waals surface area contributed by atoms with Gasteiger partial charge in [-0.05, 0) is 118 Å². The van der Waals surface area contributed by atoms with Gasteiger partial charge >= 0.3 is 0 Å². The van der Waals surface area contributed by atoms with Crippen molar-refractivity contribution in [1.82, 2.24) is 46.1 Å². The van der Waals surface area contributed by atoms with Gasteiger partial charge in [0.25, 0.3) is 27.4 Å². The summed E-state index contributed by atoms with van der Waals surface area (Å²) in [6.45, 7) is 9.83. The molecule has 0 spiro atoms. The Morgan fingerprint density at radius 1 is 0.671 bits per heavy atom. The summed E-state index contributed by atoms with van der Waals surface area (Å²) in [6, 6.07) is 19.7. The number of nitrogens with zero attached hydrogens (tertiary/aromatic N) is 8. The Bertz CT molecular complexity index is 3940. The van der Waals surface area contributed by atoms with Crippen LogP contribution in [0.4, 0.5) is 17.1 Å². The molecule has 2 bridgehead atoms. The van der Waals surface area contributed by atoms with Gasteiger partial charge in [0.15, 0.2) is 0 Å². The first-order chi connectivity index (χ1) is 39.5. The Morgan fingerprint density at radius 2 is 1.28 bits per heavy atom. The minimum absolute atomic E-state index is 0.0319. The van der Waals surface area contributed by atoms with Crippen molar-refractivity contribution in [3.05, 3.63) is 120 Å². The number of nitrogens with one attached hydrogen (secondary N) is 3. The fourth-order valence-electron chi connectivity index (χ4n) is 13.3. The molecule has 4 atom stereocenters. The lowest BCUT2D eigenvalue weighted by molar-refractivity contribution is -0.725. The second-order valence-corrected chi connectivity index (χ2v) is 26.4. The molecule has 4 saturated carbocycles. The molecule has 82 heavy (non-hydrogen) atoms. The summed E-state index contributed by atoms with van der Waals surface area (Å²) < 4.78 is 3.70. The second kappa shape index (κ2) is 20.9. The van der Waals surface area contributed by atoms with Crippen LogP contribution in [0.15, 0.2) is 60.7 Å². The quantitative estimate of drug-likeness (QED) is 0.0615. The number of aromatic nitrogens is 6. The monoisotopic (exact) mass is 1160 g/mol. The van der Waals surface area contributed by atoms with Crippen LogP contribution in [0.3, 0.4) is 0 Å². The molecule has 8 heterocycles. The van der Waals surface area contributed by atoms with Gasteiger partial charge in [0.1, 0.15) is 30.8 Å². The van der Waals surface area contributed by atoms with E-state index in [1.807, 2.05) is 90.5 Å². The Kier molecular flexibility index (Phi) is 13.7. The molecule has 4 unspecified atom stereocenters. The van der Waals surface area contributed by atoms with Crippen LogP contribution in [0, 0.1) is 39.5 Å². The fraction of sp³-hybridized carbons (Fsp3) is 0.417. The molecule has 14 rings (SSSR count). The van der Waals surface area contributed by atoms with Crippen molar-refractivity contribution in [3.63, 3.8) is 0 Å². The smallest absolute Gasteiger partial charge is 0.298 e. The van der Waals surface area contributed by atoms with E-state index >= 15 is 0 Å². The van der Waals surface area contributed by atoms with E-state index in [-0.39, 0.29) is 72.1 Å². The molecule has 6 fully saturated rings. The molecule has 9 N–H and O–H groups in total. The van der Waals surface area contributed by atoms with Gasteiger partial charge in [0.05, 0.1) is 44.7 Å². The zero-order chi connectivity index (χ0) is 56.9. The van der Waals surface area contributed by atoms with Gasteiger partial charge in [-0.1, -0.05) is 92.7 Å². The van der Waals surface area contributed by atoms with Crippen molar-refractivity contribution in [1.29, 1.82) is 0 Å². The summed E-state index contributed by atoms with van der Waals surface area (Å²) in [4.78, 5) is 76.2. The summed E-state index contributed by atoms with van der Waals surface area (Å²) in [6.07, 6.45) is 7.05. The lowest BCUT2D eigenvalue weighted by Gasteiger charge is -2.39. The van der Waals surface area contributed by atoms with E-state index in [0.29, 0.717) is 126 Å². The Morgan fingerprint density at radius 3 is 1.99 bits per heavy atom. The summed E-state index contributed by atoms with van der Waals surface area (Å²) in [5.41, 5.74) is 28.6. The highest BCUT2D eigenvalue weighted by Crippen LogP contribution is 2.52. The van der Waals surface area contributed by atoms with E-state index in [4.69, 9.17) is 27.4 Å². The normalized spacial score (nSPS) is 21.8. The van der Waals surface area contributed by atoms with Crippen LogP contribution < -0.4 is 42.5 Å². The van der Waals surface area contributed by atoms with Crippen molar-refractivity contribution in [2.45, 2.75) is 122 Å². The van der Waals surface area contributed by atoms with Crippen molar-refractivity contribution < 1.29 is 33.3 Å². The van der Waals surface area contributed by atoms with E-state index in [0.717, 1.165) is 65.4 Å². The lowest BCUT2D eigenvalue weighted by atomic mass is 9.77. The Labute approximate surface area is 485 Å². The van der Waals surface area contributed by atoms with Crippen LogP contribution in [0.25, 0.3) is 30.6 Å². The topological polar surface area (TPSA) is 265 Å². The van der Waals surface area contributed by atoms with Crippen LogP contribution in [0.2, 0.25) is 0 Å². The number of hydrogen-bond acceptors (Lipinski definition) is 15. The summed E-state index contributed by atoms with van der Waals surface area (Å²) in [5, 5.41) is 31.1. The van der Waals surface area contributed by atoms with Gasteiger partial charge < -0.3 is 43.0 Å². The third kappa shape index (κ3) is 9.64. The lowest BCUT2D eigenvalue weighted by Crippen LogP contribution is -2.51. The number of benzene rings is 2. The number of nitrogens with two attached hydrogens (primary N) is 3. The average molecular weight is 1160 g/mol. The summed E-state index contributed by atoms with van der Waals surface area (Å²) >= 11 is 3.75. The maximum atomic E-state index is 14.5. The molecule has 6 aliphatic rings. The Balaban J connectivity index is 0.789. The second-order valence-electron chi connectivity index (χ2n) is 23.4. The van der Waals surface area contributed by atoms with E-state index < -0.39 is 0 Å². The molecule has 5 amide bonds. The first-order valence-electron chi connectivity index (χ1n) is 28.4. The number of likely N-dealkylation sites (tertiary alicyclic amines) is 2. The molecule has 0 radical (unpaired) electrons. The predicted octanol–water partition coefficient (Wildman–Crippen LogP) is 6.33.